The Kier molecular flexibility index (Phi) is 8.23. The third-order valence-corrected chi connectivity index (χ3v) is 9.37. The lowest BCUT2D eigenvalue weighted by molar-refractivity contribution is -0.122. The molecule has 2 heterocycles. The highest BCUT2D eigenvalue weighted by atomic mass is 32.2. The molecule has 0 atom stereocenters. The standard InChI is InChI=1S/C31H34N4O2S2/c1-6-33(7-2)23-14-16-25(21(4)18-23)32-31-35(20-22-12-10-9-11-13-22)29(36)28(39-31)30-34(8-3)26-19-24(37-5)15-17-27(26)38-30/h9-19H,6-8,20H2,1-5H3. The molecule has 2 aliphatic rings. The fourth-order valence-electron chi connectivity index (χ4n) is 4.85. The monoisotopic (exact) mass is 558 g/mol. The van der Waals surface area contributed by atoms with Crippen LogP contribution >= 0.6 is 23.5 Å². The lowest BCUT2D eigenvalue weighted by atomic mass is 10.1. The third kappa shape index (κ3) is 5.40. The second-order valence-electron chi connectivity index (χ2n) is 9.33. The minimum absolute atomic E-state index is 0.0132. The van der Waals surface area contributed by atoms with E-state index in [9.17, 15) is 4.79 Å². The first-order chi connectivity index (χ1) is 19.0. The Morgan fingerprint density at radius 1 is 0.923 bits per heavy atom. The molecule has 0 unspecified atom stereocenters. The first-order valence-electron chi connectivity index (χ1n) is 13.3. The number of hydrogen-bond donors (Lipinski definition) is 0. The number of nitrogens with zero attached hydrogens (tertiary/aromatic N) is 4. The zero-order valence-electron chi connectivity index (χ0n) is 23.1. The molecule has 1 fully saturated rings. The van der Waals surface area contributed by atoms with Crippen LogP contribution in [0.4, 0.5) is 17.1 Å². The van der Waals surface area contributed by atoms with E-state index >= 15 is 0 Å². The van der Waals surface area contributed by atoms with Gasteiger partial charge < -0.3 is 14.5 Å². The first-order valence-corrected chi connectivity index (χ1v) is 15.0. The van der Waals surface area contributed by atoms with E-state index in [4.69, 9.17) is 9.73 Å². The van der Waals surface area contributed by atoms with E-state index in [2.05, 4.69) is 73.9 Å². The van der Waals surface area contributed by atoms with Gasteiger partial charge in [-0.2, -0.15) is 0 Å². The van der Waals surface area contributed by atoms with E-state index in [-0.39, 0.29) is 5.91 Å². The number of amidine groups is 1. The minimum Gasteiger partial charge on any atom is -0.497 e. The average molecular weight is 559 g/mol. The number of hydrogen-bond acceptors (Lipinski definition) is 7. The molecule has 0 N–H and O–H groups in total. The molecule has 5 rings (SSSR count). The highest BCUT2D eigenvalue weighted by molar-refractivity contribution is 8.19. The Morgan fingerprint density at radius 2 is 1.69 bits per heavy atom. The summed E-state index contributed by atoms with van der Waals surface area (Å²) in [5, 5.41) is 1.66. The SMILES string of the molecule is CCN(CC)c1ccc(N=C2SC(=C3Sc4ccc(OC)cc4N3CC)C(=O)N2Cc2ccccc2)c(C)c1. The van der Waals surface area contributed by atoms with Crippen molar-refractivity contribution in [1.29, 1.82) is 0 Å². The van der Waals surface area contributed by atoms with Crippen LogP contribution in [-0.4, -0.2) is 42.7 Å². The van der Waals surface area contributed by atoms with E-state index < -0.39 is 0 Å². The van der Waals surface area contributed by atoms with Gasteiger partial charge in [-0.1, -0.05) is 42.1 Å². The molecule has 3 aromatic carbocycles. The van der Waals surface area contributed by atoms with Crippen LogP contribution in [0, 0.1) is 6.92 Å². The normalized spacial score (nSPS) is 17.8. The Bertz CT molecular complexity index is 1430. The highest BCUT2D eigenvalue weighted by Gasteiger charge is 2.40. The molecule has 8 heteroatoms. The van der Waals surface area contributed by atoms with E-state index in [0.717, 1.165) is 57.8 Å². The van der Waals surface area contributed by atoms with E-state index in [1.54, 1.807) is 18.9 Å². The number of amides is 1. The van der Waals surface area contributed by atoms with Crippen molar-refractivity contribution in [1.82, 2.24) is 4.90 Å². The van der Waals surface area contributed by atoms with Gasteiger partial charge in [-0.05, 0) is 80.9 Å². The van der Waals surface area contributed by atoms with Crippen molar-refractivity contribution in [2.75, 3.05) is 36.5 Å². The number of aliphatic imine (C=N–C) groups is 1. The maximum atomic E-state index is 14.0. The van der Waals surface area contributed by atoms with Crippen LogP contribution in [0.25, 0.3) is 0 Å². The van der Waals surface area contributed by atoms with Crippen LogP contribution in [0.15, 0.2) is 86.6 Å². The van der Waals surface area contributed by atoms with Gasteiger partial charge in [0.1, 0.15) is 15.7 Å². The summed E-state index contributed by atoms with van der Waals surface area (Å²) >= 11 is 3.11. The summed E-state index contributed by atoms with van der Waals surface area (Å²) in [6.45, 7) is 11.7. The lowest BCUT2D eigenvalue weighted by Crippen LogP contribution is -2.29. The highest BCUT2D eigenvalue weighted by Crippen LogP contribution is 2.51. The van der Waals surface area contributed by atoms with Crippen LogP contribution in [-0.2, 0) is 11.3 Å². The maximum Gasteiger partial charge on any atom is 0.269 e. The number of fused-ring (bicyclic) bond motifs is 1. The van der Waals surface area contributed by atoms with Gasteiger partial charge in [-0.15, -0.1) is 0 Å². The number of aryl methyl sites for hydroxylation is 1. The van der Waals surface area contributed by atoms with Gasteiger partial charge in [-0.3, -0.25) is 9.69 Å². The van der Waals surface area contributed by atoms with Crippen molar-refractivity contribution in [3.8, 4) is 5.75 Å². The number of anilines is 2. The van der Waals surface area contributed by atoms with Gasteiger partial charge in [-0.25, -0.2) is 4.99 Å². The Morgan fingerprint density at radius 3 is 2.36 bits per heavy atom. The van der Waals surface area contributed by atoms with Gasteiger partial charge in [0.05, 0.1) is 25.0 Å². The van der Waals surface area contributed by atoms with E-state index in [1.165, 1.54) is 17.4 Å². The molecule has 0 aromatic heterocycles. The molecular weight excluding hydrogens is 525 g/mol. The number of benzene rings is 3. The summed E-state index contributed by atoms with van der Waals surface area (Å²) in [5.41, 5.74) is 5.30. The molecule has 0 aliphatic carbocycles. The van der Waals surface area contributed by atoms with Gasteiger partial charge in [0.25, 0.3) is 5.91 Å². The number of carbonyl (C=O) groups excluding carboxylic acids is 1. The second kappa shape index (κ2) is 11.8. The minimum atomic E-state index is -0.0132. The quantitative estimate of drug-likeness (QED) is 0.268. The molecule has 202 valence electrons. The molecule has 0 bridgehead atoms. The Hall–Kier alpha value is -3.36. The van der Waals surface area contributed by atoms with E-state index in [1.807, 2.05) is 35.2 Å². The van der Waals surface area contributed by atoms with Gasteiger partial charge in [0.15, 0.2) is 5.17 Å². The Labute approximate surface area is 239 Å². The van der Waals surface area contributed by atoms with Crippen molar-refractivity contribution in [3.63, 3.8) is 0 Å². The number of carbonyl (C=O) groups is 1. The van der Waals surface area contributed by atoms with Crippen molar-refractivity contribution in [3.05, 3.63) is 87.8 Å². The number of methoxy groups -OCH3 is 1. The summed E-state index contributed by atoms with van der Waals surface area (Å²) in [6, 6.07) is 22.6. The fourth-order valence-corrected chi connectivity index (χ4v) is 7.21. The van der Waals surface area contributed by atoms with Gasteiger partial charge in [0.2, 0.25) is 0 Å². The summed E-state index contributed by atoms with van der Waals surface area (Å²) in [4.78, 5) is 27.3. The maximum absolute atomic E-state index is 14.0. The summed E-state index contributed by atoms with van der Waals surface area (Å²) < 4.78 is 5.48. The lowest BCUT2D eigenvalue weighted by Gasteiger charge is -2.22. The van der Waals surface area contributed by atoms with Crippen molar-refractivity contribution in [2.45, 2.75) is 39.1 Å². The zero-order valence-corrected chi connectivity index (χ0v) is 24.7. The van der Waals surface area contributed by atoms with Gasteiger partial charge in [0, 0.05) is 36.3 Å². The predicted molar refractivity (Wildman–Crippen MR) is 165 cm³/mol. The summed E-state index contributed by atoms with van der Waals surface area (Å²) in [6.07, 6.45) is 0. The molecule has 0 spiro atoms. The van der Waals surface area contributed by atoms with Crippen LogP contribution in [0.1, 0.15) is 31.9 Å². The second-order valence-corrected chi connectivity index (χ2v) is 11.3. The molecule has 39 heavy (non-hydrogen) atoms. The van der Waals surface area contributed by atoms with Crippen LogP contribution in [0.2, 0.25) is 0 Å². The topological polar surface area (TPSA) is 48.4 Å². The summed E-state index contributed by atoms with van der Waals surface area (Å²) in [5.74, 6) is 0.793. The van der Waals surface area contributed by atoms with Crippen LogP contribution < -0.4 is 14.5 Å². The zero-order chi connectivity index (χ0) is 27.5. The van der Waals surface area contributed by atoms with Crippen LogP contribution in [0.3, 0.4) is 0 Å². The van der Waals surface area contributed by atoms with E-state index in [0.29, 0.717) is 16.6 Å². The third-order valence-electron chi connectivity index (χ3n) is 6.99. The molecular formula is C31H34N4O2S2. The molecule has 2 aliphatic heterocycles. The van der Waals surface area contributed by atoms with Crippen LogP contribution in [0.5, 0.6) is 5.75 Å². The molecule has 0 radical (unpaired) electrons. The molecule has 1 amide bonds. The number of ether oxygens (including phenoxy) is 1. The summed E-state index contributed by atoms with van der Waals surface area (Å²) in [7, 11) is 1.68. The molecule has 0 saturated carbocycles. The number of rotatable bonds is 8. The van der Waals surface area contributed by atoms with Crippen molar-refractivity contribution >= 4 is 51.7 Å². The molecule has 3 aromatic rings. The van der Waals surface area contributed by atoms with Crippen molar-refractivity contribution in [2.24, 2.45) is 4.99 Å². The smallest absolute Gasteiger partial charge is 0.269 e. The van der Waals surface area contributed by atoms with Gasteiger partial charge >= 0.3 is 0 Å². The average Bonchev–Trinajstić information content (AvgIpc) is 3.47. The molecule has 1 saturated heterocycles. The fraction of sp³-hybridized carbons (Fsp3) is 0.290. The predicted octanol–water partition coefficient (Wildman–Crippen LogP) is 7.41. The van der Waals surface area contributed by atoms with Crippen molar-refractivity contribution < 1.29 is 9.53 Å². The molecule has 6 nitrogen and oxygen atoms in total. The first kappa shape index (κ1) is 27.2. The number of thioether (sulfide) groups is 2. The Balaban J connectivity index is 1.55. The largest absolute Gasteiger partial charge is 0.497 e.